The fraction of sp³-hybridized carbons (Fsp3) is 0.538. The van der Waals surface area contributed by atoms with Gasteiger partial charge in [-0.2, -0.15) is 0 Å². The first kappa shape index (κ1) is 12.6. The van der Waals surface area contributed by atoms with E-state index in [1.54, 1.807) is 24.3 Å². The fourth-order valence-corrected chi connectivity index (χ4v) is 3.27. The third-order valence-electron chi connectivity index (χ3n) is 3.12. The van der Waals surface area contributed by atoms with Crippen molar-refractivity contribution in [2.24, 2.45) is 5.92 Å². The highest BCUT2D eigenvalue weighted by Crippen LogP contribution is 2.40. The Labute approximate surface area is 102 Å². The molecule has 0 amide bonds. The second kappa shape index (κ2) is 4.78. The van der Waals surface area contributed by atoms with E-state index in [4.69, 9.17) is 0 Å². The number of sulfone groups is 1. The molecule has 0 saturated heterocycles. The van der Waals surface area contributed by atoms with E-state index in [1.165, 1.54) is 0 Å². The Hall–Kier alpha value is -0.870. The zero-order valence-corrected chi connectivity index (χ0v) is 10.8. The zero-order chi connectivity index (χ0) is 12.5. The van der Waals surface area contributed by atoms with Crippen LogP contribution in [0.5, 0.6) is 0 Å². The van der Waals surface area contributed by atoms with E-state index < -0.39 is 15.9 Å². The number of hydrogen-bond donors (Lipinski definition) is 1. The monoisotopic (exact) mass is 254 g/mol. The number of aliphatic hydroxyl groups is 1. The topological polar surface area (TPSA) is 54.4 Å². The molecule has 1 aliphatic rings. The highest BCUT2D eigenvalue weighted by Gasteiger charge is 2.30. The summed E-state index contributed by atoms with van der Waals surface area (Å²) in [7, 11) is -3.14. The lowest BCUT2D eigenvalue weighted by molar-refractivity contribution is 0.154. The average molecular weight is 254 g/mol. The molecule has 94 valence electrons. The molecule has 0 radical (unpaired) electrons. The number of hydrogen-bond acceptors (Lipinski definition) is 3. The Morgan fingerprint density at radius 2 is 1.88 bits per heavy atom. The van der Waals surface area contributed by atoms with Gasteiger partial charge in [0.05, 0.1) is 16.8 Å². The van der Waals surface area contributed by atoms with E-state index in [-0.39, 0.29) is 5.75 Å². The van der Waals surface area contributed by atoms with Crippen molar-refractivity contribution < 1.29 is 13.5 Å². The minimum Gasteiger partial charge on any atom is -0.388 e. The summed E-state index contributed by atoms with van der Waals surface area (Å²) in [6.45, 7) is 1.85. The molecule has 1 aromatic rings. The third kappa shape index (κ3) is 2.87. The van der Waals surface area contributed by atoms with E-state index >= 15 is 0 Å². The molecule has 3 nitrogen and oxygen atoms in total. The van der Waals surface area contributed by atoms with E-state index in [9.17, 15) is 13.5 Å². The molecule has 0 aromatic heterocycles. The van der Waals surface area contributed by atoms with Crippen LogP contribution < -0.4 is 0 Å². The molecule has 1 N–H and O–H groups in total. The summed E-state index contributed by atoms with van der Waals surface area (Å²) in [5.41, 5.74) is 0.822. The minimum atomic E-state index is -3.14. The van der Waals surface area contributed by atoms with Gasteiger partial charge in [-0.1, -0.05) is 19.1 Å². The third-order valence-corrected chi connectivity index (χ3v) is 5.06. The van der Waals surface area contributed by atoms with Crippen molar-refractivity contribution in [2.45, 2.75) is 37.2 Å². The van der Waals surface area contributed by atoms with Crippen LogP contribution in [-0.2, 0) is 9.84 Å². The summed E-state index contributed by atoms with van der Waals surface area (Å²) in [6.07, 6.45) is 2.32. The van der Waals surface area contributed by atoms with E-state index in [0.29, 0.717) is 17.2 Å². The normalized spacial score (nSPS) is 18.0. The standard InChI is InChI=1S/C13H18O3S/c1-2-9-17(15,16)12-7-5-11(6-8-12)13(14)10-3-4-10/h5-8,10,13-14H,2-4,9H2,1H3. The first-order valence-electron chi connectivity index (χ1n) is 6.05. The SMILES string of the molecule is CCCS(=O)(=O)c1ccc(C(O)C2CC2)cc1. The highest BCUT2D eigenvalue weighted by atomic mass is 32.2. The van der Waals surface area contributed by atoms with Gasteiger partial charge >= 0.3 is 0 Å². The average Bonchev–Trinajstić information content (AvgIpc) is 3.12. The van der Waals surface area contributed by atoms with Crippen molar-refractivity contribution in [2.75, 3.05) is 5.75 Å². The molecular weight excluding hydrogens is 236 g/mol. The lowest BCUT2D eigenvalue weighted by Gasteiger charge is -2.10. The van der Waals surface area contributed by atoms with Crippen molar-refractivity contribution >= 4 is 9.84 Å². The largest absolute Gasteiger partial charge is 0.388 e. The molecule has 1 fully saturated rings. The summed E-state index contributed by atoms with van der Waals surface area (Å²) in [5.74, 6) is 0.547. The molecule has 1 aliphatic carbocycles. The Morgan fingerprint density at radius 3 is 2.35 bits per heavy atom. The molecule has 0 heterocycles. The minimum absolute atomic E-state index is 0.178. The quantitative estimate of drug-likeness (QED) is 0.877. The Balaban J connectivity index is 2.17. The van der Waals surface area contributed by atoms with Crippen LogP contribution >= 0.6 is 0 Å². The molecule has 2 rings (SSSR count). The van der Waals surface area contributed by atoms with Gasteiger partial charge in [-0.15, -0.1) is 0 Å². The maximum atomic E-state index is 11.8. The van der Waals surface area contributed by atoms with Crippen molar-refractivity contribution in [3.63, 3.8) is 0 Å². The van der Waals surface area contributed by atoms with Gasteiger partial charge < -0.3 is 5.11 Å². The van der Waals surface area contributed by atoms with Crippen molar-refractivity contribution in [3.05, 3.63) is 29.8 Å². The fourth-order valence-electron chi connectivity index (χ4n) is 1.94. The van der Waals surface area contributed by atoms with Gasteiger partial charge in [0, 0.05) is 0 Å². The first-order chi connectivity index (χ1) is 8.04. The van der Waals surface area contributed by atoms with Gasteiger partial charge in [-0.05, 0) is 42.9 Å². The van der Waals surface area contributed by atoms with Crippen LogP contribution in [0.2, 0.25) is 0 Å². The second-order valence-electron chi connectivity index (χ2n) is 4.67. The van der Waals surface area contributed by atoms with Crippen LogP contribution in [0.25, 0.3) is 0 Å². The van der Waals surface area contributed by atoms with Gasteiger partial charge in [0.15, 0.2) is 9.84 Å². The Kier molecular flexibility index (Phi) is 3.54. The maximum absolute atomic E-state index is 11.8. The number of rotatable bonds is 5. The Bertz CT molecular complexity index is 472. The van der Waals surface area contributed by atoms with Crippen molar-refractivity contribution in [1.82, 2.24) is 0 Å². The number of aliphatic hydroxyl groups excluding tert-OH is 1. The summed E-state index contributed by atoms with van der Waals surface area (Å²) in [5, 5.41) is 9.91. The van der Waals surface area contributed by atoms with Crippen LogP contribution in [0.1, 0.15) is 37.9 Å². The van der Waals surface area contributed by atoms with Crippen LogP contribution in [0.4, 0.5) is 0 Å². The Morgan fingerprint density at radius 1 is 1.29 bits per heavy atom. The van der Waals surface area contributed by atoms with Crippen molar-refractivity contribution in [3.8, 4) is 0 Å². The van der Waals surface area contributed by atoms with Crippen LogP contribution in [-0.4, -0.2) is 19.3 Å². The molecule has 0 aliphatic heterocycles. The first-order valence-corrected chi connectivity index (χ1v) is 7.70. The molecule has 4 heteroatoms. The molecule has 1 aromatic carbocycles. The molecule has 0 bridgehead atoms. The zero-order valence-electron chi connectivity index (χ0n) is 9.96. The molecule has 1 atom stereocenters. The van der Waals surface area contributed by atoms with Gasteiger partial charge in [0.1, 0.15) is 0 Å². The predicted molar refractivity (Wildman–Crippen MR) is 66.5 cm³/mol. The van der Waals surface area contributed by atoms with Crippen LogP contribution in [0, 0.1) is 5.92 Å². The predicted octanol–water partition coefficient (Wildman–Crippen LogP) is 2.31. The smallest absolute Gasteiger partial charge is 0.178 e. The van der Waals surface area contributed by atoms with E-state index in [1.807, 2.05) is 6.92 Å². The summed E-state index contributed by atoms with van der Waals surface area (Å²) >= 11 is 0. The summed E-state index contributed by atoms with van der Waals surface area (Å²) in [4.78, 5) is 0.353. The molecular formula is C13H18O3S. The summed E-state index contributed by atoms with van der Waals surface area (Å²) in [6, 6.07) is 6.66. The highest BCUT2D eigenvalue weighted by molar-refractivity contribution is 7.91. The van der Waals surface area contributed by atoms with Gasteiger partial charge in [0.2, 0.25) is 0 Å². The van der Waals surface area contributed by atoms with Crippen molar-refractivity contribution in [1.29, 1.82) is 0 Å². The van der Waals surface area contributed by atoms with Gasteiger partial charge in [-0.25, -0.2) is 8.42 Å². The molecule has 0 spiro atoms. The molecule has 1 unspecified atom stereocenters. The van der Waals surface area contributed by atoms with E-state index in [2.05, 4.69) is 0 Å². The van der Waals surface area contributed by atoms with Crippen LogP contribution in [0.3, 0.4) is 0 Å². The summed E-state index contributed by atoms with van der Waals surface area (Å²) < 4.78 is 23.6. The lowest BCUT2D eigenvalue weighted by Crippen LogP contribution is -2.06. The van der Waals surface area contributed by atoms with Gasteiger partial charge in [0.25, 0.3) is 0 Å². The van der Waals surface area contributed by atoms with E-state index in [0.717, 1.165) is 18.4 Å². The molecule has 1 saturated carbocycles. The van der Waals surface area contributed by atoms with Crippen LogP contribution in [0.15, 0.2) is 29.2 Å². The van der Waals surface area contributed by atoms with Gasteiger partial charge in [-0.3, -0.25) is 0 Å². The molecule has 17 heavy (non-hydrogen) atoms. The number of benzene rings is 1. The lowest BCUT2D eigenvalue weighted by atomic mass is 10.1. The maximum Gasteiger partial charge on any atom is 0.178 e. The second-order valence-corrected chi connectivity index (χ2v) is 6.78.